The van der Waals surface area contributed by atoms with Crippen molar-refractivity contribution in [3.63, 3.8) is 0 Å². The van der Waals surface area contributed by atoms with Crippen LogP contribution in [0.25, 0.3) is 0 Å². The molecule has 0 N–H and O–H groups in total. The van der Waals surface area contributed by atoms with Crippen molar-refractivity contribution in [3.05, 3.63) is 47.0 Å². The zero-order valence-corrected chi connectivity index (χ0v) is 15.2. The molecule has 25 heavy (non-hydrogen) atoms. The number of fused-ring (bicyclic) bond motifs is 2. The Morgan fingerprint density at radius 1 is 1.28 bits per heavy atom. The molecule has 2 aliphatic rings. The first kappa shape index (κ1) is 16.7. The Morgan fingerprint density at radius 2 is 2.24 bits per heavy atom. The van der Waals surface area contributed by atoms with Crippen LogP contribution < -0.4 is 0 Å². The highest BCUT2D eigenvalue weighted by Crippen LogP contribution is 2.33. The fraction of sp³-hybridized carbons (Fsp3) is 0.600. The molecule has 0 radical (unpaired) electrons. The fourth-order valence-electron chi connectivity index (χ4n) is 4.26. The lowest BCUT2D eigenvalue weighted by molar-refractivity contribution is 0.103. The minimum Gasteiger partial charge on any atom is -0.383 e. The van der Waals surface area contributed by atoms with Gasteiger partial charge >= 0.3 is 0 Å². The van der Waals surface area contributed by atoms with Gasteiger partial charge in [0, 0.05) is 38.6 Å². The standard InChI is InChI=1S/C20H28N4O/c1-25-13-12-23(15-17-14-18-8-2-3-11-24(18)22-17)19-9-4-6-16-7-5-10-21-20(16)19/h5,7,10,14,19H,2-4,6,8-9,11-13,15H2,1H3. The minimum absolute atomic E-state index is 0.374. The first-order chi connectivity index (χ1) is 12.3. The van der Waals surface area contributed by atoms with Gasteiger partial charge in [0.25, 0.3) is 0 Å². The van der Waals surface area contributed by atoms with E-state index in [1.807, 2.05) is 6.20 Å². The van der Waals surface area contributed by atoms with Crippen molar-refractivity contribution in [1.29, 1.82) is 0 Å². The van der Waals surface area contributed by atoms with Crippen LogP contribution in [0.3, 0.4) is 0 Å². The van der Waals surface area contributed by atoms with E-state index >= 15 is 0 Å². The number of rotatable bonds is 6. The van der Waals surface area contributed by atoms with Gasteiger partial charge in [-0.25, -0.2) is 0 Å². The summed E-state index contributed by atoms with van der Waals surface area (Å²) in [6.45, 7) is 3.61. The Kier molecular flexibility index (Phi) is 5.13. The molecule has 0 saturated heterocycles. The summed E-state index contributed by atoms with van der Waals surface area (Å²) in [7, 11) is 1.78. The van der Waals surface area contributed by atoms with Gasteiger partial charge in [0.1, 0.15) is 0 Å². The van der Waals surface area contributed by atoms with Crippen LogP contribution in [0, 0.1) is 0 Å². The second-order valence-corrected chi connectivity index (χ2v) is 7.23. The zero-order chi connectivity index (χ0) is 17.1. The Morgan fingerprint density at radius 3 is 3.12 bits per heavy atom. The van der Waals surface area contributed by atoms with Crippen LogP contribution >= 0.6 is 0 Å². The maximum atomic E-state index is 5.38. The molecule has 2 aromatic rings. The first-order valence-corrected chi connectivity index (χ1v) is 9.57. The zero-order valence-electron chi connectivity index (χ0n) is 15.2. The molecule has 3 heterocycles. The van der Waals surface area contributed by atoms with E-state index in [0.29, 0.717) is 6.04 Å². The molecule has 4 rings (SSSR count). The molecular weight excluding hydrogens is 312 g/mol. The fourth-order valence-corrected chi connectivity index (χ4v) is 4.26. The Hall–Kier alpha value is -1.72. The lowest BCUT2D eigenvalue weighted by Gasteiger charge is -2.34. The molecule has 1 unspecified atom stereocenters. The molecule has 0 spiro atoms. The summed E-state index contributed by atoms with van der Waals surface area (Å²) in [6, 6.07) is 6.97. The third-order valence-electron chi connectivity index (χ3n) is 5.52. The Labute approximate surface area is 150 Å². The number of nitrogens with zero attached hydrogens (tertiary/aromatic N) is 4. The van der Waals surface area contributed by atoms with Crippen LogP contribution in [0.5, 0.6) is 0 Å². The van der Waals surface area contributed by atoms with Gasteiger partial charge in [-0.15, -0.1) is 0 Å². The van der Waals surface area contributed by atoms with E-state index in [2.05, 4.69) is 27.8 Å². The average Bonchev–Trinajstić information content (AvgIpc) is 3.07. The quantitative estimate of drug-likeness (QED) is 0.810. The summed E-state index contributed by atoms with van der Waals surface area (Å²) < 4.78 is 7.59. The molecule has 5 heteroatoms. The Balaban J connectivity index is 1.57. The number of hydrogen-bond donors (Lipinski definition) is 0. The predicted octanol–water partition coefficient (Wildman–Crippen LogP) is 3.14. The van der Waals surface area contributed by atoms with Crippen LogP contribution in [-0.2, 0) is 30.7 Å². The number of ether oxygens (including phenoxy) is 1. The second kappa shape index (κ2) is 7.67. The van der Waals surface area contributed by atoms with Crippen molar-refractivity contribution >= 4 is 0 Å². The van der Waals surface area contributed by atoms with Gasteiger partial charge in [-0.05, 0) is 56.2 Å². The molecule has 1 aliphatic carbocycles. The van der Waals surface area contributed by atoms with E-state index < -0.39 is 0 Å². The molecule has 5 nitrogen and oxygen atoms in total. The molecule has 0 bridgehead atoms. The first-order valence-electron chi connectivity index (χ1n) is 9.57. The highest BCUT2D eigenvalue weighted by Gasteiger charge is 2.28. The molecule has 134 valence electrons. The molecule has 2 aromatic heterocycles. The molecule has 1 aliphatic heterocycles. The summed E-state index contributed by atoms with van der Waals surface area (Å²) in [5, 5.41) is 4.86. The lowest BCUT2D eigenvalue weighted by Crippen LogP contribution is -2.34. The van der Waals surface area contributed by atoms with Crippen molar-refractivity contribution in [2.45, 2.75) is 57.7 Å². The SMILES string of the molecule is COCCN(Cc1cc2n(n1)CCCC2)C1CCCc2cccnc21. The largest absolute Gasteiger partial charge is 0.383 e. The maximum Gasteiger partial charge on any atom is 0.0767 e. The third kappa shape index (κ3) is 3.62. The van der Waals surface area contributed by atoms with Crippen molar-refractivity contribution in [2.75, 3.05) is 20.3 Å². The molecule has 0 amide bonds. The van der Waals surface area contributed by atoms with Gasteiger partial charge in [0.2, 0.25) is 0 Å². The van der Waals surface area contributed by atoms with E-state index in [4.69, 9.17) is 14.8 Å². The van der Waals surface area contributed by atoms with Crippen LogP contribution in [0.15, 0.2) is 24.4 Å². The van der Waals surface area contributed by atoms with Crippen LogP contribution in [-0.4, -0.2) is 39.9 Å². The van der Waals surface area contributed by atoms with Crippen molar-refractivity contribution in [3.8, 4) is 0 Å². The van der Waals surface area contributed by atoms with Crippen molar-refractivity contribution in [1.82, 2.24) is 19.7 Å². The number of aromatic nitrogens is 3. The van der Waals surface area contributed by atoms with E-state index in [9.17, 15) is 0 Å². The van der Waals surface area contributed by atoms with Gasteiger partial charge in [-0.1, -0.05) is 6.07 Å². The van der Waals surface area contributed by atoms with Gasteiger partial charge < -0.3 is 4.74 Å². The molecule has 1 atom stereocenters. The number of methoxy groups -OCH3 is 1. The van der Waals surface area contributed by atoms with Crippen LogP contribution in [0.4, 0.5) is 0 Å². The molecule has 0 fully saturated rings. The number of hydrogen-bond acceptors (Lipinski definition) is 4. The highest BCUT2D eigenvalue weighted by atomic mass is 16.5. The minimum atomic E-state index is 0.374. The van der Waals surface area contributed by atoms with E-state index in [0.717, 1.165) is 32.7 Å². The number of aryl methyl sites for hydroxylation is 3. The lowest BCUT2D eigenvalue weighted by atomic mass is 9.90. The summed E-state index contributed by atoms with van der Waals surface area (Å²) in [6.07, 6.45) is 9.18. The smallest absolute Gasteiger partial charge is 0.0767 e. The molecular formula is C20H28N4O. The third-order valence-corrected chi connectivity index (χ3v) is 5.52. The van der Waals surface area contributed by atoms with Crippen LogP contribution in [0.2, 0.25) is 0 Å². The predicted molar refractivity (Wildman–Crippen MR) is 97.4 cm³/mol. The Bertz CT molecular complexity index is 688. The normalized spacial score (nSPS) is 19.7. The number of pyridine rings is 1. The highest BCUT2D eigenvalue weighted by molar-refractivity contribution is 5.26. The van der Waals surface area contributed by atoms with Crippen molar-refractivity contribution in [2.24, 2.45) is 0 Å². The van der Waals surface area contributed by atoms with Crippen LogP contribution in [0.1, 0.15) is 54.4 Å². The maximum absolute atomic E-state index is 5.38. The monoisotopic (exact) mass is 340 g/mol. The van der Waals surface area contributed by atoms with E-state index in [1.165, 1.54) is 54.7 Å². The van der Waals surface area contributed by atoms with Gasteiger partial charge in [0.05, 0.1) is 24.0 Å². The molecule has 0 saturated carbocycles. The van der Waals surface area contributed by atoms with E-state index in [1.54, 1.807) is 7.11 Å². The summed E-state index contributed by atoms with van der Waals surface area (Å²) in [4.78, 5) is 7.25. The average molecular weight is 340 g/mol. The summed E-state index contributed by atoms with van der Waals surface area (Å²) in [5.41, 5.74) is 5.25. The van der Waals surface area contributed by atoms with Gasteiger partial charge in [-0.2, -0.15) is 5.10 Å². The van der Waals surface area contributed by atoms with Crippen molar-refractivity contribution < 1.29 is 4.74 Å². The van der Waals surface area contributed by atoms with E-state index in [-0.39, 0.29) is 0 Å². The summed E-state index contributed by atoms with van der Waals surface area (Å²) >= 11 is 0. The topological polar surface area (TPSA) is 43.2 Å². The van der Waals surface area contributed by atoms with Gasteiger partial charge in [0.15, 0.2) is 0 Å². The van der Waals surface area contributed by atoms with Gasteiger partial charge in [-0.3, -0.25) is 14.6 Å². The summed E-state index contributed by atoms with van der Waals surface area (Å²) in [5.74, 6) is 0. The molecule has 0 aromatic carbocycles. The second-order valence-electron chi connectivity index (χ2n) is 7.23.